The van der Waals surface area contributed by atoms with Crippen molar-refractivity contribution in [1.82, 2.24) is 4.98 Å². The van der Waals surface area contributed by atoms with E-state index in [0.29, 0.717) is 24.2 Å². The molecule has 6 nitrogen and oxygen atoms in total. The minimum Gasteiger partial charge on any atom is -0.481 e. The second kappa shape index (κ2) is 13.3. The van der Waals surface area contributed by atoms with E-state index in [1.54, 1.807) is 30.6 Å². The number of anilines is 1. The summed E-state index contributed by atoms with van der Waals surface area (Å²) in [6.45, 7) is 7.83. The number of pyridine rings is 1. The van der Waals surface area contributed by atoms with Gasteiger partial charge in [-0.05, 0) is 64.3 Å². The van der Waals surface area contributed by atoms with Gasteiger partial charge in [0.1, 0.15) is 17.2 Å². The third-order valence-corrected chi connectivity index (χ3v) is 6.16. The lowest BCUT2D eigenvalue weighted by Gasteiger charge is -2.25. The molecular formula is C32H35N3O3. The molecule has 1 unspecified atom stereocenters. The Bertz CT molecular complexity index is 1300. The fourth-order valence-electron chi connectivity index (χ4n) is 3.92. The molecule has 0 radical (unpaired) electrons. The zero-order valence-electron chi connectivity index (χ0n) is 22.4. The number of amides is 1. The van der Waals surface area contributed by atoms with Crippen LogP contribution in [0, 0.1) is 5.41 Å². The molecule has 1 heterocycles. The molecule has 0 saturated heterocycles. The van der Waals surface area contributed by atoms with Gasteiger partial charge in [0.15, 0.2) is 0 Å². The molecule has 6 heteroatoms. The molecule has 0 saturated carbocycles. The van der Waals surface area contributed by atoms with Gasteiger partial charge in [0.2, 0.25) is 0 Å². The van der Waals surface area contributed by atoms with E-state index in [-0.39, 0.29) is 5.91 Å². The van der Waals surface area contributed by atoms with E-state index >= 15 is 0 Å². The molecule has 2 N–H and O–H groups in total. The Balaban J connectivity index is 2.10. The number of benzene rings is 2. The van der Waals surface area contributed by atoms with Crippen LogP contribution in [0.3, 0.4) is 0 Å². The van der Waals surface area contributed by atoms with Crippen LogP contribution >= 0.6 is 0 Å². The second-order valence-electron chi connectivity index (χ2n) is 9.78. The first-order chi connectivity index (χ1) is 18.2. The minimum absolute atomic E-state index is 0.301. The summed E-state index contributed by atoms with van der Waals surface area (Å²) in [6.07, 6.45) is 7.68. The summed E-state index contributed by atoms with van der Waals surface area (Å²) in [6, 6.07) is 21.7. The van der Waals surface area contributed by atoms with Gasteiger partial charge in [-0.2, -0.15) is 0 Å². The van der Waals surface area contributed by atoms with Gasteiger partial charge in [-0.25, -0.2) is 0 Å². The average Bonchev–Trinajstić information content (AvgIpc) is 2.91. The van der Waals surface area contributed by atoms with E-state index < -0.39 is 17.4 Å². The maximum atomic E-state index is 12.9. The Kier molecular flexibility index (Phi) is 9.88. The summed E-state index contributed by atoms with van der Waals surface area (Å²) < 4.78 is 0. The Labute approximate surface area is 224 Å². The standard InChI is InChI=1S/C32H35N3O3/c1-23(2)17-19-32(31(37)38,20-18-24(3)4)22-34-29(25-12-6-5-7-13-25)26-14-8-9-15-27(26)35-30(36)28-16-10-11-21-33-28/h5-18,21-22,29H,19-20H2,1-4H3,(H,35,36)(H,37,38). The number of carbonyl (C=O) groups is 2. The number of aromatic nitrogens is 1. The van der Waals surface area contributed by atoms with Crippen molar-refractivity contribution >= 4 is 23.8 Å². The van der Waals surface area contributed by atoms with E-state index in [0.717, 1.165) is 22.3 Å². The topological polar surface area (TPSA) is 91.7 Å². The van der Waals surface area contributed by atoms with Crippen LogP contribution in [0.1, 0.15) is 68.2 Å². The molecule has 0 spiro atoms. The largest absolute Gasteiger partial charge is 0.481 e. The number of para-hydroxylation sites is 1. The van der Waals surface area contributed by atoms with E-state index in [9.17, 15) is 14.7 Å². The first kappa shape index (κ1) is 28.3. The van der Waals surface area contributed by atoms with Crippen molar-refractivity contribution in [2.45, 2.75) is 46.6 Å². The molecule has 0 aliphatic rings. The van der Waals surface area contributed by atoms with Crippen molar-refractivity contribution < 1.29 is 14.7 Å². The summed E-state index contributed by atoms with van der Waals surface area (Å²) in [5.74, 6) is -1.26. The predicted octanol–water partition coefficient (Wildman–Crippen LogP) is 7.28. The molecule has 0 fully saturated rings. The number of hydrogen-bond donors (Lipinski definition) is 2. The quantitative estimate of drug-likeness (QED) is 0.210. The molecule has 2 aromatic carbocycles. The van der Waals surface area contributed by atoms with Crippen LogP contribution in [0.2, 0.25) is 0 Å². The Hall–Kier alpha value is -4.32. The number of aliphatic imine (C=N–C) groups is 1. The lowest BCUT2D eigenvalue weighted by molar-refractivity contribution is -0.144. The zero-order valence-corrected chi connectivity index (χ0v) is 22.4. The molecule has 38 heavy (non-hydrogen) atoms. The fraction of sp³-hybridized carbons (Fsp3) is 0.250. The summed E-state index contributed by atoms with van der Waals surface area (Å²) in [5, 5.41) is 13.4. The zero-order chi connectivity index (χ0) is 27.5. The molecule has 3 rings (SSSR count). The third kappa shape index (κ3) is 7.59. The molecule has 1 aromatic heterocycles. The molecule has 1 amide bonds. The van der Waals surface area contributed by atoms with Crippen LogP contribution in [0.25, 0.3) is 0 Å². The number of hydrogen-bond acceptors (Lipinski definition) is 4. The van der Waals surface area contributed by atoms with Crippen molar-refractivity contribution in [3.05, 3.63) is 119 Å². The van der Waals surface area contributed by atoms with Gasteiger partial charge in [-0.15, -0.1) is 0 Å². The lowest BCUT2D eigenvalue weighted by Crippen LogP contribution is -2.32. The van der Waals surface area contributed by atoms with E-state index in [4.69, 9.17) is 4.99 Å². The highest BCUT2D eigenvalue weighted by atomic mass is 16.4. The smallest absolute Gasteiger partial charge is 0.315 e. The van der Waals surface area contributed by atoms with Gasteiger partial charge in [-0.3, -0.25) is 19.6 Å². The fourth-order valence-corrected chi connectivity index (χ4v) is 3.92. The maximum Gasteiger partial charge on any atom is 0.315 e. The Morgan fingerprint density at radius 3 is 2.08 bits per heavy atom. The van der Waals surface area contributed by atoms with Crippen LogP contribution in [-0.4, -0.2) is 28.2 Å². The number of nitrogens with one attached hydrogen (secondary N) is 1. The first-order valence-corrected chi connectivity index (χ1v) is 12.6. The van der Waals surface area contributed by atoms with Crippen molar-refractivity contribution in [2.75, 3.05) is 5.32 Å². The first-order valence-electron chi connectivity index (χ1n) is 12.6. The van der Waals surface area contributed by atoms with Crippen LogP contribution < -0.4 is 5.32 Å². The SMILES string of the molecule is CC(C)=CCC(C=NC(c1ccccc1)c1ccccc1NC(=O)c1ccccn1)(CC=C(C)C)C(=O)O. The highest BCUT2D eigenvalue weighted by Crippen LogP contribution is 2.34. The molecular weight excluding hydrogens is 474 g/mol. The summed E-state index contributed by atoms with van der Waals surface area (Å²) in [5.41, 5.74) is 3.40. The second-order valence-corrected chi connectivity index (χ2v) is 9.78. The van der Waals surface area contributed by atoms with Gasteiger partial charge >= 0.3 is 5.97 Å². The Morgan fingerprint density at radius 1 is 0.895 bits per heavy atom. The normalized spacial score (nSPS) is 12.0. The van der Waals surface area contributed by atoms with Crippen molar-refractivity contribution in [3.8, 4) is 0 Å². The highest BCUT2D eigenvalue weighted by molar-refractivity contribution is 6.03. The number of carboxylic acid groups (broad SMARTS) is 1. The predicted molar refractivity (Wildman–Crippen MR) is 154 cm³/mol. The van der Waals surface area contributed by atoms with Gasteiger partial charge in [-0.1, -0.05) is 77.9 Å². The molecule has 1 atom stereocenters. The third-order valence-electron chi connectivity index (χ3n) is 6.16. The number of carboxylic acids is 1. The highest BCUT2D eigenvalue weighted by Gasteiger charge is 2.35. The summed E-state index contributed by atoms with van der Waals surface area (Å²) in [7, 11) is 0. The van der Waals surface area contributed by atoms with E-state index in [1.807, 2.05) is 94.4 Å². The maximum absolute atomic E-state index is 12.9. The molecule has 3 aromatic rings. The number of aliphatic carboxylic acids is 1. The van der Waals surface area contributed by atoms with Crippen LogP contribution in [0.5, 0.6) is 0 Å². The van der Waals surface area contributed by atoms with Gasteiger partial charge in [0.05, 0.1) is 0 Å². The average molecular weight is 510 g/mol. The lowest BCUT2D eigenvalue weighted by atomic mass is 9.81. The minimum atomic E-state index is -1.21. The van der Waals surface area contributed by atoms with Crippen LogP contribution in [0.15, 0.2) is 107 Å². The number of nitrogens with zero attached hydrogens (tertiary/aromatic N) is 2. The number of rotatable bonds is 11. The molecule has 0 bridgehead atoms. The summed E-state index contributed by atoms with van der Waals surface area (Å²) >= 11 is 0. The van der Waals surface area contributed by atoms with Gasteiger partial charge < -0.3 is 10.4 Å². The number of carbonyl (C=O) groups excluding carboxylic acids is 1. The van der Waals surface area contributed by atoms with Crippen LogP contribution in [0.4, 0.5) is 5.69 Å². The van der Waals surface area contributed by atoms with Crippen LogP contribution in [-0.2, 0) is 4.79 Å². The number of allylic oxidation sites excluding steroid dienone is 4. The van der Waals surface area contributed by atoms with Gasteiger partial charge in [0, 0.05) is 23.7 Å². The van der Waals surface area contributed by atoms with E-state index in [2.05, 4.69) is 10.3 Å². The molecule has 0 aliphatic carbocycles. The van der Waals surface area contributed by atoms with Crippen molar-refractivity contribution in [3.63, 3.8) is 0 Å². The Morgan fingerprint density at radius 2 is 1.50 bits per heavy atom. The molecule has 0 aliphatic heterocycles. The van der Waals surface area contributed by atoms with Gasteiger partial charge in [0.25, 0.3) is 5.91 Å². The molecule has 196 valence electrons. The van der Waals surface area contributed by atoms with Crippen molar-refractivity contribution in [2.24, 2.45) is 10.4 Å². The summed E-state index contributed by atoms with van der Waals surface area (Å²) in [4.78, 5) is 34.7. The van der Waals surface area contributed by atoms with Crippen molar-refractivity contribution in [1.29, 1.82) is 0 Å². The van der Waals surface area contributed by atoms with E-state index in [1.165, 1.54) is 0 Å². The monoisotopic (exact) mass is 509 g/mol.